The molecule has 2 aromatic rings. The first-order valence-electron chi connectivity index (χ1n) is 11.6. The highest BCUT2D eigenvalue weighted by Crippen LogP contribution is 2.35. The summed E-state index contributed by atoms with van der Waals surface area (Å²) < 4.78 is 35.0. The van der Waals surface area contributed by atoms with E-state index in [1.807, 2.05) is 23.1 Å². The number of likely N-dealkylation sites (tertiary alicyclic amines) is 1. The summed E-state index contributed by atoms with van der Waals surface area (Å²) in [5.74, 6) is 1.38. The van der Waals surface area contributed by atoms with Crippen molar-refractivity contribution >= 4 is 26.7 Å². The molecule has 0 bridgehead atoms. The SMILES string of the molecule is COc1ccc(C2=C(C)C(N3CCC(C(=O)NC[C@H](C)c4ccccc4)CC3)=NS2(=O)=O)cc1. The van der Waals surface area contributed by atoms with Crippen molar-refractivity contribution in [2.75, 3.05) is 26.7 Å². The molecule has 1 fully saturated rings. The summed E-state index contributed by atoms with van der Waals surface area (Å²) in [6.45, 7) is 5.68. The Hall–Kier alpha value is -3.13. The zero-order valence-electron chi connectivity index (χ0n) is 19.8. The lowest BCUT2D eigenvalue weighted by Crippen LogP contribution is -2.43. The topological polar surface area (TPSA) is 88.1 Å². The Labute approximate surface area is 201 Å². The van der Waals surface area contributed by atoms with Gasteiger partial charge in [-0.3, -0.25) is 4.79 Å². The third-order valence-electron chi connectivity index (χ3n) is 6.61. The first-order valence-corrected chi connectivity index (χ1v) is 13.0. The van der Waals surface area contributed by atoms with E-state index in [0.717, 1.165) is 0 Å². The van der Waals surface area contributed by atoms with Crippen LogP contribution < -0.4 is 10.1 Å². The molecule has 0 radical (unpaired) electrons. The molecule has 0 saturated carbocycles. The molecule has 0 unspecified atom stereocenters. The molecule has 34 heavy (non-hydrogen) atoms. The lowest BCUT2D eigenvalue weighted by Gasteiger charge is -2.33. The van der Waals surface area contributed by atoms with Crippen LogP contribution in [0.15, 0.2) is 64.6 Å². The van der Waals surface area contributed by atoms with Gasteiger partial charge in [0.1, 0.15) is 16.5 Å². The number of piperidine rings is 1. The summed E-state index contributed by atoms with van der Waals surface area (Å²) in [7, 11) is -2.21. The second-order valence-electron chi connectivity index (χ2n) is 8.89. The van der Waals surface area contributed by atoms with Gasteiger partial charge in [-0.1, -0.05) is 37.3 Å². The molecule has 0 aromatic heterocycles. The Morgan fingerprint density at radius 2 is 1.76 bits per heavy atom. The number of nitrogens with zero attached hydrogens (tertiary/aromatic N) is 2. The zero-order chi connectivity index (χ0) is 24.3. The van der Waals surface area contributed by atoms with Gasteiger partial charge < -0.3 is 15.0 Å². The van der Waals surface area contributed by atoms with Gasteiger partial charge in [0.2, 0.25) is 5.91 Å². The van der Waals surface area contributed by atoms with Gasteiger partial charge in [-0.25, -0.2) is 0 Å². The van der Waals surface area contributed by atoms with Gasteiger partial charge >= 0.3 is 0 Å². The van der Waals surface area contributed by atoms with E-state index in [1.54, 1.807) is 38.3 Å². The summed E-state index contributed by atoms with van der Waals surface area (Å²) >= 11 is 0. The van der Waals surface area contributed by atoms with Crippen LogP contribution in [0.4, 0.5) is 0 Å². The van der Waals surface area contributed by atoms with Crippen LogP contribution in [0.25, 0.3) is 4.91 Å². The standard InChI is InChI=1S/C26H31N3O4S/c1-18(20-7-5-4-6-8-20)17-27-26(30)22-13-15-29(16-14-22)25-19(2)24(34(31,32)28-25)21-9-11-23(33-3)12-10-21/h4-12,18,22H,13-17H2,1-3H3,(H,27,30)/t18-/m0/s1. The molecule has 2 aliphatic heterocycles. The number of amidine groups is 1. The molecular weight excluding hydrogens is 450 g/mol. The highest BCUT2D eigenvalue weighted by Gasteiger charge is 2.35. The minimum atomic E-state index is -3.78. The number of carbonyl (C=O) groups excluding carboxylic acids is 1. The van der Waals surface area contributed by atoms with Crippen LogP contribution in [0.2, 0.25) is 0 Å². The number of benzene rings is 2. The highest BCUT2D eigenvalue weighted by molar-refractivity contribution is 8.00. The molecule has 180 valence electrons. The summed E-state index contributed by atoms with van der Waals surface area (Å²) in [6, 6.07) is 17.1. The van der Waals surface area contributed by atoms with Gasteiger partial charge in [-0.05, 0) is 61.1 Å². The predicted octanol–water partition coefficient (Wildman–Crippen LogP) is 3.80. The Morgan fingerprint density at radius 3 is 2.38 bits per heavy atom. The van der Waals surface area contributed by atoms with Gasteiger partial charge in [-0.15, -0.1) is 4.40 Å². The summed E-state index contributed by atoms with van der Waals surface area (Å²) in [4.78, 5) is 15.0. The summed E-state index contributed by atoms with van der Waals surface area (Å²) in [6.07, 6.45) is 1.32. The molecule has 1 saturated heterocycles. The van der Waals surface area contributed by atoms with E-state index in [0.29, 0.717) is 55.2 Å². The van der Waals surface area contributed by atoms with Gasteiger partial charge in [0.15, 0.2) is 0 Å². The maximum absolute atomic E-state index is 12.9. The fourth-order valence-electron chi connectivity index (χ4n) is 4.58. The van der Waals surface area contributed by atoms with Crippen LogP contribution in [0, 0.1) is 5.92 Å². The van der Waals surface area contributed by atoms with Crippen molar-refractivity contribution in [2.45, 2.75) is 32.6 Å². The van der Waals surface area contributed by atoms with Crippen LogP contribution in [-0.4, -0.2) is 51.8 Å². The van der Waals surface area contributed by atoms with Gasteiger partial charge in [0, 0.05) is 31.1 Å². The molecule has 1 amide bonds. The number of carbonyl (C=O) groups is 1. The van der Waals surface area contributed by atoms with E-state index in [1.165, 1.54) is 5.56 Å². The molecule has 7 nitrogen and oxygen atoms in total. The monoisotopic (exact) mass is 481 g/mol. The zero-order valence-corrected chi connectivity index (χ0v) is 20.6. The molecule has 0 aliphatic carbocycles. The lowest BCUT2D eigenvalue weighted by atomic mass is 9.94. The molecular formula is C26H31N3O4S. The Balaban J connectivity index is 1.37. The van der Waals surface area contributed by atoms with E-state index in [-0.39, 0.29) is 22.6 Å². The quantitative estimate of drug-likeness (QED) is 0.678. The van der Waals surface area contributed by atoms with Crippen molar-refractivity contribution in [2.24, 2.45) is 10.3 Å². The third kappa shape index (κ3) is 5.01. The van der Waals surface area contributed by atoms with E-state index in [2.05, 4.69) is 28.8 Å². The second-order valence-corrected chi connectivity index (χ2v) is 10.4. The Kier molecular flexibility index (Phi) is 7.07. The number of nitrogens with one attached hydrogen (secondary N) is 1. The van der Waals surface area contributed by atoms with Gasteiger partial charge in [-0.2, -0.15) is 8.42 Å². The predicted molar refractivity (Wildman–Crippen MR) is 134 cm³/mol. The van der Waals surface area contributed by atoms with Crippen molar-refractivity contribution in [1.29, 1.82) is 0 Å². The van der Waals surface area contributed by atoms with E-state index >= 15 is 0 Å². The average Bonchev–Trinajstić information content (AvgIpc) is 3.11. The van der Waals surface area contributed by atoms with E-state index in [4.69, 9.17) is 4.74 Å². The van der Waals surface area contributed by atoms with Gasteiger partial charge in [0.25, 0.3) is 10.0 Å². The molecule has 2 aromatic carbocycles. The third-order valence-corrected chi connectivity index (χ3v) is 8.08. The maximum Gasteiger partial charge on any atom is 0.285 e. The molecule has 2 heterocycles. The van der Waals surface area contributed by atoms with Crippen LogP contribution in [0.5, 0.6) is 5.75 Å². The summed E-state index contributed by atoms with van der Waals surface area (Å²) in [5.41, 5.74) is 2.44. The number of methoxy groups -OCH3 is 1. The lowest BCUT2D eigenvalue weighted by molar-refractivity contribution is -0.126. The largest absolute Gasteiger partial charge is 0.497 e. The van der Waals surface area contributed by atoms with E-state index < -0.39 is 10.0 Å². The minimum absolute atomic E-state index is 0.0644. The molecule has 4 rings (SSSR count). The maximum atomic E-state index is 12.9. The minimum Gasteiger partial charge on any atom is -0.497 e. The molecule has 2 aliphatic rings. The second kappa shape index (κ2) is 10.0. The van der Waals surface area contributed by atoms with Gasteiger partial charge in [0.05, 0.1) is 7.11 Å². The summed E-state index contributed by atoms with van der Waals surface area (Å²) in [5, 5.41) is 3.09. The van der Waals surface area contributed by atoms with Crippen molar-refractivity contribution in [3.05, 3.63) is 71.3 Å². The first kappa shape index (κ1) is 24.0. The normalized spacial score (nSPS) is 19.0. The fourth-order valence-corrected chi connectivity index (χ4v) is 6.06. The van der Waals surface area contributed by atoms with Crippen molar-refractivity contribution < 1.29 is 17.9 Å². The Morgan fingerprint density at radius 1 is 1.12 bits per heavy atom. The Bertz CT molecular complexity index is 1200. The number of hydrogen-bond donors (Lipinski definition) is 1. The number of hydrogen-bond acceptors (Lipinski definition) is 5. The average molecular weight is 482 g/mol. The van der Waals surface area contributed by atoms with Crippen LogP contribution >= 0.6 is 0 Å². The number of sulfonamides is 1. The van der Waals surface area contributed by atoms with Crippen LogP contribution in [-0.2, 0) is 14.8 Å². The van der Waals surface area contributed by atoms with E-state index in [9.17, 15) is 13.2 Å². The van der Waals surface area contributed by atoms with Crippen LogP contribution in [0.3, 0.4) is 0 Å². The first-order chi connectivity index (χ1) is 16.3. The molecule has 0 spiro atoms. The molecule has 1 N–H and O–H groups in total. The van der Waals surface area contributed by atoms with Crippen LogP contribution in [0.1, 0.15) is 43.7 Å². The molecule has 1 atom stereocenters. The number of ether oxygens (including phenoxy) is 1. The van der Waals surface area contributed by atoms with Crippen molar-refractivity contribution in [3.63, 3.8) is 0 Å². The van der Waals surface area contributed by atoms with Crippen molar-refractivity contribution in [1.82, 2.24) is 10.2 Å². The number of rotatable bonds is 6. The fraction of sp³-hybridized carbons (Fsp3) is 0.385. The highest BCUT2D eigenvalue weighted by atomic mass is 32.2. The number of amides is 1. The molecule has 8 heteroatoms. The van der Waals surface area contributed by atoms with Crippen molar-refractivity contribution in [3.8, 4) is 5.75 Å². The smallest absolute Gasteiger partial charge is 0.285 e.